The smallest absolute Gasteiger partial charge is 0.121 e. The molecule has 0 fully saturated rings. The summed E-state index contributed by atoms with van der Waals surface area (Å²) in [5.41, 5.74) is 0.308. The number of hydrogen-bond donors (Lipinski definition) is 1. The van der Waals surface area contributed by atoms with Crippen LogP contribution in [0.3, 0.4) is 0 Å². The summed E-state index contributed by atoms with van der Waals surface area (Å²) in [5, 5.41) is 12.7. The van der Waals surface area contributed by atoms with Gasteiger partial charge in [0.15, 0.2) is 0 Å². The molecule has 2 heteroatoms. The predicted octanol–water partition coefficient (Wildman–Crippen LogP) is 3.21. The summed E-state index contributed by atoms with van der Waals surface area (Å²) in [5.74, 6) is 0. The van der Waals surface area contributed by atoms with Gasteiger partial charge in [0.2, 0.25) is 0 Å². The van der Waals surface area contributed by atoms with Crippen LogP contribution in [0.25, 0.3) is 0 Å². The molecule has 0 aliphatic rings. The molecule has 110 valence electrons. The Bertz CT molecular complexity index is 523. The highest BCUT2D eigenvalue weighted by Gasteiger charge is 2.38. The second-order valence-electron chi connectivity index (χ2n) is 5.86. The molecule has 2 aromatic rings. The van der Waals surface area contributed by atoms with Crippen LogP contribution in [-0.2, 0) is 0 Å². The molecular formula is C19H24OSi. The summed E-state index contributed by atoms with van der Waals surface area (Å²) in [6.07, 6.45) is 2.49. The number of aliphatic hydroxyl groups excluding tert-OH is 1. The number of allylic oxidation sites excluding steroid dienone is 1. The zero-order valence-corrected chi connectivity index (χ0v) is 13.9. The maximum absolute atomic E-state index is 9.89. The average Bonchev–Trinajstić information content (AvgIpc) is 2.53. The van der Waals surface area contributed by atoms with Crippen molar-refractivity contribution in [3.05, 3.63) is 73.3 Å². The normalized spacial score (nSPS) is 14.4. The van der Waals surface area contributed by atoms with Crippen LogP contribution in [0.4, 0.5) is 0 Å². The van der Waals surface area contributed by atoms with Gasteiger partial charge in [-0.25, -0.2) is 0 Å². The largest absolute Gasteiger partial charge is 0.393 e. The SMILES string of the molecule is C=CC(CC(C)O)[Si](C)(c1ccccc1)c1ccccc1. The van der Waals surface area contributed by atoms with E-state index >= 15 is 0 Å². The Labute approximate surface area is 129 Å². The lowest BCUT2D eigenvalue weighted by atomic mass is 10.2. The maximum atomic E-state index is 9.89. The fourth-order valence-corrected chi connectivity index (χ4v) is 7.34. The molecule has 2 atom stereocenters. The molecular weight excluding hydrogens is 272 g/mol. The lowest BCUT2D eigenvalue weighted by Crippen LogP contribution is -2.59. The van der Waals surface area contributed by atoms with Crippen LogP contribution >= 0.6 is 0 Å². The molecule has 0 heterocycles. The lowest BCUT2D eigenvalue weighted by molar-refractivity contribution is 0.185. The minimum atomic E-state index is -1.97. The maximum Gasteiger partial charge on any atom is 0.121 e. The van der Waals surface area contributed by atoms with E-state index < -0.39 is 8.07 Å². The molecule has 0 aliphatic heterocycles. The third-order valence-electron chi connectivity index (χ3n) is 4.37. The first-order valence-corrected chi connectivity index (χ1v) is 10.1. The van der Waals surface area contributed by atoms with E-state index in [1.807, 2.05) is 13.0 Å². The van der Waals surface area contributed by atoms with Gasteiger partial charge in [0.05, 0.1) is 6.10 Å². The molecule has 0 aromatic heterocycles. The summed E-state index contributed by atoms with van der Waals surface area (Å²) < 4.78 is 0. The first-order chi connectivity index (χ1) is 10.1. The third-order valence-corrected chi connectivity index (χ3v) is 9.39. The van der Waals surface area contributed by atoms with E-state index in [9.17, 15) is 5.11 Å². The standard InChI is InChI=1S/C19H24OSi/c1-4-17(15-16(2)20)21(3,18-11-7-5-8-12-18)19-13-9-6-10-14-19/h4-14,16-17,20H,1,15H2,2-3H3. The van der Waals surface area contributed by atoms with E-state index in [1.165, 1.54) is 10.4 Å². The molecule has 0 spiro atoms. The van der Waals surface area contributed by atoms with Crippen LogP contribution in [0.1, 0.15) is 13.3 Å². The van der Waals surface area contributed by atoms with Crippen molar-refractivity contribution in [2.45, 2.75) is 31.5 Å². The van der Waals surface area contributed by atoms with Crippen molar-refractivity contribution in [2.75, 3.05) is 0 Å². The van der Waals surface area contributed by atoms with Crippen molar-refractivity contribution in [1.29, 1.82) is 0 Å². The first kappa shape index (κ1) is 15.7. The monoisotopic (exact) mass is 296 g/mol. The fourth-order valence-electron chi connectivity index (χ4n) is 3.10. The molecule has 0 saturated carbocycles. The Balaban J connectivity index is 2.56. The van der Waals surface area contributed by atoms with Crippen LogP contribution < -0.4 is 10.4 Å². The van der Waals surface area contributed by atoms with Gasteiger partial charge in [0.25, 0.3) is 0 Å². The summed E-state index contributed by atoms with van der Waals surface area (Å²) in [4.78, 5) is 0. The molecule has 0 aliphatic carbocycles. The Morgan fingerprint density at radius 2 is 1.43 bits per heavy atom. The highest BCUT2D eigenvalue weighted by Crippen LogP contribution is 2.28. The molecule has 0 radical (unpaired) electrons. The molecule has 1 nitrogen and oxygen atoms in total. The summed E-state index contributed by atoms with van der Waals surface area (Å²) in [6.45, 7) is 8.30. The first-order valence-electron chi connectivity index (χ1n) is 7.50. The Morgan fingerprint density at radius 1 is 1.00 bits per heavy atom. The second-order valence-corrected chi connectivity index (χ2v) is 10.2. The van der Waals surface area contributed by atoms with Crippen molar-refractivity contribution < 1.29 is 5.11 Å². The van der Waals surface area contributed by atoms with Gasteiger partial charge in [-0.2, -0.15) is 0 Å². The highest BCUT2D eigenvalue weighted by atomic mass is 28.3. The summed E-state index contributed by atoms with van der Waals surface area (Å²) in [6, 6.07) is 21.4. The second kappa shape index (κ2) is 6.88. The van der Waals surface area contributed by atoms with Crippen molar-refractivity contribution in [3.63, 3.8) is 0 Å². The minimum absolute atomic E-state index is 0.308. The third kappa shape index (κ3) is 3.34. The molecule has 21 heavy (non-hydrogen) atoms. The molecule has 1 N–H and O–H groups in total. The highest BCUT2D eigenvalue weighted by molar-refractivity contribution is 7.02. The predicted molar refractivity (Wildman–Crippen MR) is 94.0 cm³/mol. The molecule has 0 saturated heterocycles. The van der Waals surface area contributed by atoms with Gasteiger partial charge in [0, 0.05) is 0 Å². The van der Waals surface area contributed by atoms with E-state index in [0.29, 0.717) is 5.54 Å². The zero-order valence-electron chi connectivity index (χ0n) is 12.9. The topological polar surface area (TPSA) is 20.2 Å². The van der Waals surface area contributed by atoms with E-state index in [0.717, 1.165) is 6.42 Å². The van der Waals surface area contributed by atoms with Gasteiger partial charge in [-0.05, 0) is 18.9 Å². The van der Waals surface area contributed by atoms with Crippen LogP contribution in [0.5, 0.6) is 0 Å². The summed E-state index contributed by atoms with van der Waals surface area (Å²) in [7, 11) is -1.97. The van der Waals surface area contributed by atoms with Gasteiger partial charge < -0.3 is 5.11 Å². The molecule has 0 bridgehead atoms. The van der Waals surface area contributed by atoms with Gasteiger partial charge in [-0.3, -0.25) is 0 Å². The molecule has 2 unspecified atom stereocenters. The van der Waals surface area contributed by atoms with Crippen LogP contribution in [-0.4, -0.2) is 19.3 Å². The quantitative estimate of drug-likeness (QED) is 0.641. The Hall–Kier alpha value is -1.64. The number of aliphatic hydroxyl groups is 1. The number of rotatable bonds is 6. The van der Waals surface area contributed by atoms with Crippen molar-refractivity contribution in [1.82, 2.24) is 0 Å². The van der Waals surface area contributed by atoms with E-state index in [1.54, 1.807) is 0 Å². The molecule has 2 aromatic carbocycles. The van der Waals surface area contributed by atoms with E-state index in [4.69, 9.17) is 0 Å². The van der Waals surface area contributed by atoms with Gasteiger partial charge in [0.1, 0.15) is 8.07 Å². The Kier molecular flexibility index (Phi) is 5.15. The fraction of sp³-hybridized carbons (Fsp3) is 0.263. The van der Waals surface area contributed by atoms with Gasteiger partial charge in [-0.15, -0.1) is 6.58 Å². The van der Waals surface area contributed by atoms with Crippen molar-refractivity contribution >= 4 is 18.4 Å². The van der Waals surface area contributed by atoms with Gasteiger partial charge in [-0.1, -0.05) is 83.7 Å². The minimum Gasteiger partial charge on any atom is -0.393 e. The summed E-state index contributed by atoms with van der Waals surface area (Å²) >= 11 is 0. The van der Waals surface area contributed by atoms with Crippen molar-refractivity contribution in [2.24, 2.45) is 0 Å². The van der Waals surface area contributed by atoms with Crippen LogP contribution in [0, 0.1) is 0 Å². The molecule has 0 amide bonds. The number of benzene rings is 2. The van der Waals surface area contributed by atoms with Crippen molar-refractivity contribution in [3.8, 4) is 0 Å². The van der Waals surface area contributed by atoms with Gasteiger partial charge >= 0.3 is 0 Å². The van der Waals surface area contributed by atoms with Crippen LogP contribution in [0.2, 0.25) is 12.1 Å². The van der Waals surface area contributed by atoms with Crippen LogP contribution in [0.15, 0.2) is 73.3 Å². The lowest BCUT2D eigenvalue weighted by Gasteiger charge is -2.36. The average molecular weight is 296 g/mol. The van der Waals surface area contributed by atoms with E-state index in [-0.39, 0.29) is 6.10 Å². The Morgan fingerprint density at radius 3 is 1.76 bits per heavy atom. The molecule has 2 rings (SSSR count). The zero-order chi connectivity index (χ0) is 15.3. The number of hydrogen-bond acceptors (Lipinski definition) is 1. The van der Waals surface area contributed by atoms with E-state index in [2.05, 4.69) is 73.8 Å².